The second-order valence-corrected chi connectivity index (χ2v) is 7.08. The quantitative estimate of drug-likeness (QED) is 0.585. The lowest BCUT2D eigenvalue weighted by molar-refractivity contribution is -0.141. The highest BCUT2D eigenvalue weighted by Gasteiger charge is 2.29. The Labute approximate surface area is 174 Å². The molecular weight excluding hydrogens is 364 g/mol. The van der Waals surface area contributed by atoms with E-state index in [0.29, 0.717) is 25.9 Å². The molecule has 0 spiro atoms. The molecule has 0 aliphatic carbocycles. The van der Waals surface area contributed by atoms with Crippen molar-refractivity contribution in [2.75, 3.05) is 13.7 Å². The van der Waals surface area contributed by atoms with Gasteiger partial charge in [-0.05, 0) is 29.7 Å². The molecule has 0 aliphatic heterocycles. The minimum absolute atomic E-state index is 0.0422. The molecule has 0 radical (unpaired) electrons. The molecule has 0 saturated carbocycles. The smallest absolute Gasteiger partial charge is 0.243 e. The summed E-state index contributed by atoms with van der Waals surface area (Å²) in [6.45, 7) is 4.90. The molecule has 0 unspecified atom stereocenters. The number of nitrogens with zero attached hydrogens (tertiary/aromatic N) is 1. The highest BCUT2D eigenvalue weighted by Crippen LogP contribution is 2.19. The van der Waals surface area contributed by atoms with Crippen molar-refractivity contribution >= 4 is 11.8 Å². The summed E-state index contributed by atoms with van der Waals surface area (Å²) in [4.78, 5) is 27.6. The summed E-state index contributed by atoms with van der Waals surface area (Å²) in [5.74, 6) is 0.588. The number of hydrogen-bond acceptors (Lipinski definition) is 3. The van der Waals surface area contributed by atoms with Gasteiger partial charge < -0.3 is 15.0 Å². The number of nitrogens with one attached hydrogen (secondary N) is 1. The van der Waals surface area contributed by atoms with E-state index in [1.165, 1.54) is 0 Å². The molecule has 2 amide bonds. The lowest BCUT2D eigenvalue weighted by Crippen LogP contribution is -2.50. The minimum atomic E-state index is -0.562. The molecule has 0 aromatic heterocycles. The van der Waals surface area contributed by atoms with Crippen LogP contribution in [0.15, 0.2) is 54.6 Å². The van der Waals surface area contributed by atoms with E-state index in [9.17, 15) is 9.59 Å². The first-order valence-electron chi connectivity index (χ1n) is 10.3. The molecule has 5 heteroatoms. The molecule has 2 aromatic rings. The second-order valence-electron chi connectivity index (χ2n) is 7.08. The summed E-state index contributed by atoms with van der Waals surface area (Å²) in [5, 5.41) is 3.01. The Hall–Kier alpha value is -2.82. The predicted octanol–water partition coefficient (Wildman–Crippen LogP) is 3.96. The SMILES string of the molecule is CCCCNC(=O)[C@H](Cc1ccccc1)N(Cc1cccc(OC)c1)C(=O)CC. The van der Waals surface area contributed by atoms with E-state index in [4.69, 9.17) is 4.74 Å². The fourth-order valence-corrected chi connectivity index (χ4v) is 3.23. The number of methoxy groups -OCH3 is 1. The van der Waals surface area contributed by atoms with Gasteiger partial charge >= 0.3 is 0 Å². The Morgan fingerprint density at radius 3 is 2.41 bits per heavy atom. The van der Waals surface area contributed by atoms with Gasteiger partial charge in [-0.25, -0.2) is 0 Å². The van der Waals surface area contributed by atoms with Gasteiger partial charge in [0.1, 0.15) is 11.8 Å². The zero-order valence-corrected chi connectivity index (χ0v) is 17.7. The van der Waals surface area contributed by atoms with Crippen molar-refractivity contribution in [1.82, 2.24) is 10.2 Å². The Morgan fingerprint density at radius 1 is 1.03 bits per heavy atom. The van der Waals surface area contributed by atoms with E-state index >= 15 is 0 Å². The maximum atomic E-state index is 13.1. The molecule has 0 heterocycles. The lowest BCUT2D eigenvalue weighted by atomic mass is 10.0. The monoisotopic (exact) mass is 396 g/mol. The summed E-state index contributed by atoms with van der Waals surface area (Å²) >= 11 is 0. The van der Waals surface area contributed by atoms with Crippen LogP contribution in [0.25, 0.3) is 0 Å². The first-order chi connectivity index (χ1) is 14.1. The Morgan fingerprint density at radius 2 is 1.76 bits per heavy atom. The molecule has 156 valence electrons. The molecule has 0 saturated heterocycles. The molecule has 0 fully saturated rings. The molecule has 2 rings (SSSR count). The molecule has 0 bridgehead atoms. The van der Waals surface area contributed by atoms with E-state index in [0.717, 1.165) is 29.7 Å². The third-order valence-electron chi connectivity index (χ3n) is 4.89. The maximum Gasteiger partial charge on any atom is 0.243 e. The van der Waals surface area contributed by atoms with Crippen LogP contribution in [0.4, 0.5) is 0 Å². The van der Waals surface area contributed by atoms with Gasteiger partial charge in [-0.1, -0.05) is 62.7 Å². The minimum Gasteiger partial charge on any atom is -0.497 e. The number of unbranched alkanes of at least 4 members (excludes halogenated alkanes) is 1. The van der Waals surface area contributed by atoms with Gasteiger partial charge in [0.05, 0.1) is 7.11 Å². The Kier molecular flexibility index (Phi) is 9.22. The zero-order valence-electron chi connectivity index (χ0n) is 17.7. The standard InChI is InChI=1S/C24H32N2O3/c1-4-6-15-25-24(28)22(17-19-11-8-7-9-12-19)26(23(27)5-2)18-20-13-10-14-21(16-20)29-3/h7-14,16,22H,4-6,15,17-18H2,1-3H3,(H,25,28)/t22-/m0/s1. The van der Waals surface area contributed by atoms with Crippen molar-refractivity contribution < 1.29 is 14.3 Å². The van der Waals surface area contributed by atoms with Crippen molar-refractivity contribution in [3.05, 3.63) is 65.7 Å². The molecule has 29 heavy (non-hydrogen) atoms. The van der Waals surface area contributed by atoms with Gasteiger partial charge in [0.15, 0.2) is 0 Å². The van der Waals surface area contributed by atoms with E-state index < -0.39 is 6.04 Å². The normalized spacial score (nSPS) is 11.6. The number of carbonyl (C=O) groups is 2. The van der Waals surface area contributed by atoms with Gasteiger partial charge in [0, 0.05) is 25.9 Å². The van der Waals surface area contributed by atoms with E-state index in [1.807, 2.05) is 61.5 Å². The van der Waals surface area contributed by atoms with Crippen molar-refractivity contribution in [3.63, 3.8) is 0 Å². The summed E-state index contributed by atoms with van der Waals surface area (Å²) in [6.07, 6.45) is 2.75. The zero-order chi connectivity index (χ0) is 21.1. The third-order valence-corrected chi connectivity index (χ3v) is 4.89. The van der Waals surface area contributed by atoms with Crippen molar-refractivity contribution in [2.24, 2.45) is 0 Å². The largest absolute Gasteiger partial charge is 0.497 e. The van der Waals surface area contributed by atoms with Crippen molar-refractivity contribution in [2.45, 2.75) is 52.1 Å². The van der Waals surface area contributed by atoms with Crippen LogP contribution in [0.5, 0.6) is 5.75 Å². The number of benzene rings is 2. The fraction of sp³-hybridized carbons (Fsp3) is 0.417. The third kappa shape index (κ3) is 6.93. The molecule has 5 nitrogen and oxygen atoms in total. The van der Waals surface area contributed by atoms with Crippen LogP contribution in [0.3, 0.4) is 0 Å². The summed E-state index contributed by atoms with van der Waals surface area (Å²) in [5.41, 5.74) is 1.97. The molecule has 1 N–H and O–H groups in total. The highest BCUT2D eigenvalue weighted by molar-refractivity contribution is 5.87. The average molecular weight is 397 g/mol. The number of rotatable bonds is 11. The van der Waals surface area contributed by atoms with Crippen LogP contribution in [0, 0.1) is 0 Å². The topological polar surface area (TPSA) is 58.6 Å². The van der Waals surface area contributed by atoms with Crippen molar-refractivity contribution in [1.29, 1.82) is 0 Å². The average Bonchev–Trinajstić information content (AvgIpc) is 2.76. The summed E-state index contributed by atoms with van der Waals surface area (Å²) < 4.78 is 5.31. The second kappa shape index (κ2) is 11.9. The first kappa shape index (κ1) is 22.5. The van der Waals surface area contributed by atoms with Crippen LogP contribution >= 0.6 is 0 Å². The summed E-state index contributed by atoms with van der Waals surface area (Å²) in [6, 6.07) is 16.9. The fourth-order valence-electron chi connectivity index (χ4n) is 3.23. The first-order valence-corrected chi connectivity index (χ1v) is 10.3. The summed E-state index contributed by atoms with van der Waals surface area (Å²) in [7, 11) is 1.62. The maximum absolute atomic E-state index is 13.1. The predicted molar refractivity (Wildman–Crippen MR) is 116 cm³/mol. The van der Waals surface area contributed by atoms with Gasteiger partial charge in [-0.3, -0.25) is 9.59 Å². The van der Waals surface area contributed by atoms with E-state index in [2.05, 4.69) is 12.2 Å². The van der Waals surface area contributed by atoms with Gasteiger partial charge in [-0.2, -0.15) is 0 Å². The Balaban J connectivity index is 2.31. The molecule has 0 aliphatic rings. The van der Waals surface area contributed by atoms with Crippen molar-refractivity contribution in [3.8, 4) is 5.75 Å². The lowest BCUT2D eigenvalue weighted by Gasteiger charge is -2.31. The number of carbonyl (C=O) groups excluding carboxylic acids is 2. The number of ether oxygens (including phenoxy) is 1. The van der Waals surface area contributed by atoms with Gasteiger partial charge in [0.2, 0.25) is 11.8 Å². The number of amides is 2. The molecular formula is C24H32N2O3. The van der Waals surface area contributed by atoms with Crippen LogP contribution < -0.4 is 10.1 Å². The van der Waals surface area contributed by atoms with Gasteiger partial charge in [0.25, 0.3) is 0 Å². The number of hydrogen-bond donors (Lipinski definition) is 1. The highest BCUT2D eigenvalue weighted by atomic mass is 16.5. The van der Waals surface area contributed by atoms with Crippen LogP contribution in [-0.4, -0.2) is 36.4 Å². The van der Waals surface area contributed by atoms with E-state index in [1.54, 1.807) is 12.0 Å². The molecule has 2 aromatic carbocycles. The van der Waals surface area contributed by atoms with Crippen LogP contribution in [0.1, 0.15) is 44.2 Å². The van der Waals surface area contributed by atoms with Crippen LogP contribution in [0.2, 0.25) is 0 Å². The Bertz CT molecular complexity index is 777. The van der Waals surface area contributed by atoms with Crippen LogP contribution in [-0.2, 0) is 22.6 Å². The molecule has 1 atom stereocenters. The van der Waals surface area contributed by atoms with E-state index in [-0.39, 0.29) is 11.8 Å². The van der Waals surface area contributed by atoms with Gasteiger partial charge in [-0.15, -0.1) is 0 Å².